The number of methoxy groups -OCH3 is 2. The number of phosphoric acid groups is 4. The van der Waals surface area contributed by atoms with Crippen LogP contribution in [0.25, 0.3) is 33.5 Å². The number of ether oxygens (including phenoxy) is 5. The van der Waals surface area contributed by atoms with Gasteiger partial charge in [0.15, 0.2) is 41.4 Å². The minimum Gasteiger partial charge on any atom is -0.756 e. The van der Waals surface area contributed by atoms with Gasteiger partial charge in [0.1, 0.15) is 66.8 Å². The molecular weight excluding hydrogens is 1180 g/mol. The quantitative estimate of drug-likeness (QED) is 0.0200. The van der Waals surface area contributed by atoms with E-state index in [9.17, 15) is 62.7 Å². The summed E-state index contributed by atoms with van der Waals surface area (Å²) in [5, 5.41) is 32.7. The Morgan fingerprint density at radius 1 is 0.658 bits per heavy atom. The molecule has 79 heavy (non-hydrogen) atoms. The summed E-state index contributed by atoms with van der Waals surface area (Å²) >= 11 is 0. The molecule has 0 spiro atoms. The second kappa shape index (κ2) is 25.6. The molecule has 9 heterocycles. The van der Waals surface area contributed by atoms with E-state index in [-0.39, 0.29) is 140 Å². The summed E-state index contributed by atoms with van der Waals surface area (Å²) in [5.41, 5.74) is 15.4. The van der Waals surface area contributed by atoms with Gasteiger partial charge in [0.05, 0.1) is 39.5 Å². The molecule has 0 aliphatic carbocycles. The van der Waals surface area contributed by atoms with Crippen LogP contribution in [-0.2, 0) is 75.7 Å². The number of imidazole rings is 3. The number of aromatic nitrogens is 12. The Bertz CT molecular complexity index is 3510. The summed E-state index contributed by atoms with van der Waals surface area (Å²) in [5.74, 6) is -0.738. The maximum Gasteiger partial charge on any atom is 1.00 e. The van der Waals surface area contributed by atoms with Gasteiger partial charge in [-0.25, -0.2) is 33.1 Å². The first kappa shape index (κ1) is 66.0. The van der Waals surface area contributed by atoms with Gasteiger partial charge < -0.3 is 93.9 Å². The standard InChI is InChI=1S/C33H45N15O24P4.3Na/c1-45-10-48(26-16(45)28(53)44-33(36)42-26)30-19(51)20(62-2)12(68-30)5-65-74(56,57)71-76(60,61)72-75(58,59)66-6-13-21(22(63-3)31(69-13)46-8-39-14-23(34)37-7-38-24(14)46)70-73(54,55)64-4-11-17(49)18(50)29(67-11)47-9-40-15-25(47)41-32(35)43-27(15)52;;;/h7-13,17-22,29-31,49-51H,4-6H2,1-3H3,(H11-,34,35,36,37,38,41,42,43,44,52,53,54,55,56,57,58,59,60,61);;;/q;3*+1/p-3. The second-order valence-corrected chi connectivity index (χ2v) is 22.5. The number of aliphatic hydroxyl groups is 3. The molecule has 3 saturated heterocycles. The topological polar surface area (TPSA) is 563 Å². The van der Waals surface area contributed by atoms with Crippen molar-refractivity contribution in [3.05, 3.63) is 46.0 Å². The molecule has 416 valence electrons. The van der Waals surface area contributed by atoms with Crippen molar-refractivity contribution in [1.82, 2.24) is 53.6 Å². The summed E-state index contributed by atoms with van der Waals surface area (Å²) in [6, 6.07) is 0. The van der Waals surface area contributed by atoms with E-state index in [1.807, 2.05) is 0 Å². The molecular formula is C33H42N15Na3O24P4. The van der Waals surface area contributed by atoms with Gasteiger partial charge in [0, 0.05) is 14.2 Å². The fourth-order valence-electron chi connectivity index (χ4n) is 8.54. The molecule has 3 fully saturated rings. The fourth-order valence-corrected chi connectivity index (χ4v) is 12.9. The van der Waals surface area contributed by atoms with Gasteiger partial charge in [-0.3, -0.25) is 51.5 Å². The maximum atomic E-state index is 13.6. The number of nitrogens with two attached hydrogens (primary N) is 3. The molecule has 3 aliphatic heterocycles. The monoisotopic (exact) mass is 1230 g/mol. The minimum absolute atomic E-state index is 0. The zero-order valence-electron chi connectivity index (χ0n) is 41.8. The summed E-state index contributed by atoms with van der Waals surface area (Å²) < 4.78 is 113. The largest absolute Gasteiger partial charge is 1.00 e. The van der Waals surface area contributed by atoms with Crippen molar-refractivity contribution in [2.75, 3.05) is 51.2 Å². The molecule has 6 aromatic heterocycles. The zero-order chi connectivity index (χ0) is 55.0. The molecule has 9 rings (SSSR count). The third kappa shape index (κ3) is 13.8. The van der Waals surface area contributed by atoms with E-state index in [2.05, 4.69) is 53.0 Å². The predicted molar refractivity (Wildman–Crippen MR) is 235 cm³/mol. The van der Waals surface area contributed by atoms with Crippen LogP contribution < -0.4 is 141 Å². The van der Waals surface area contributed by atoms with Gasteiger partial charge in [-0.1, -0.05) is 4.98 Å². The van der Waals surface area contributed by atoms with Crippen molar-refractivity contribution in [2.24, 2.45) is 7.05 Å². The smallest absolute Gasteiger partial charge is 0.756 e. The molecule has 6 aromatic rings. The SMILES string of the molecule is COC1C(COP(=O)([O-])OP(=O)([O-])OP(=O)([O-])OCC2OC(n3cnc4c(N)ncnc43)C(OC)C2OP(=O)([O-])OCC2OC(n3cnc4c(=O)[nH]c(N)nc43)C(O)C2O)OC([n+]2cn(C)c3c(=O)[nH]c(N)nc32)C1O.[Na+].[Na+].[Na+]. The van der Waals surface area contributed by atoms with E-state index in [0.717, 1.165) is 42.3 Å². The average molecular weight is 1230 g/mol. The van der Waals surface area contributed by atoms with Crippen molar-refractivity contribution >= 4 is 82.5 Å². The molecule has 39 nitrogen and oxygen atoms in total. The Morgan fingerprint density at radius 2 is 1.20 bits per heavy atom. The number of H-pyrrole nitrogens is 2. The van der Waals surface area contributed by atoms with Crippen LogP contribution in [0.1, 0.15) is 18.7 Å². The summed E-state index contributed by atoms with van der Waals surface area (Å²) in [4.78, 5) is 106. The van der Waals surface area contributed by atoms with E-state index in [1.54, 1.807) is 0 Å². The number of nitrogen functional groups attached to an aromatic ring is 3. The predicted octanol–water partition coefficient (Wildman–Crippen LogP) is -15.6. The molecule has 11 N–H and O–H groups in total. The Labute approximate surface area is 506 Å². The molecule has 46 heteroatoms. The first-order valence-electron chi connectivity index (χ1n) is 21.5. The minimum atomic E-state index is -6.56. The third-order valence-corrected chi connectivity index (χ3v) is 16.9. The van der Waals surface area contributed by atoms with Crippen molar-refractivity contribution < 1.29 is 197 Å². The van der Waals surface area contributed by atoms with Crippen LogP contribution in [0.4, 0.5) is 17.7 Å². The van der Waals surface area contributed by atoms with Gasteiger partial charge in [-0.05, 0) is 0 Å². The summed E-state index contributed by atoms with van der Waals surface area (Å²) in [6.07, 6.45) is -15.4. The number of nitrogens with one attached hydrogen (secondary N) is 2. The van der Waals surface area contributed by atoms with Crippen LogP contribution in [0.5, 0.6) is 0 Å². The van der Waals surface area contributed by atoms with Crippen molar-refractivity contribution in [1.29, 1.82) is 0 Å². The van der Waals surface area contributed by atoms with Gasteiger partial charge in [0.25, 0.3) is 48.4 Å². The Kier molecular flexibility index (Phi) is 21.4. The van der Waals surface area contributed by atoms with E-state index in [0.29, 0.717) is 0 Å². The molecule has 16 unspecified atom stereocenters. The van der Waals surface area contributed by atoms with E-state index >= 15 is 0 Å². The van der Waals surface area contributed by atoms with Crippen LogP contribution in [0.3, 0.4) is 0 Å². The molecule has 0 amide bonds. The number of aromatic amines is 2. The zero-order valence-corrected chi connectivity index (χ0v) is 51.3. The Morgan fingerprint density at radius 3 is 1.84 bits per heavy atom. The number of nitrogens with zero attached hydrogens (tertiary/aromatic N) is 10. The summed E-state index contributed by atoms with van der Waals surface area (Å²) in [7, 11) is -21.1. The number of rotatable bonds is 20. The van der Waals surface area contributed by atoms with E-state index < -0.39 is 136 Å². The van der Waals surface area contributed by atoms with E-state index in [1.165, 1.54) is 22.5 Å². The van der Waals surface area contributed by atoms with Gasteiger partial charge >= 0.3 is 94.3 Å². The van der Waals surface area contributed by atoms with Crippen LogP contribution >= 0.6 is 31.3 Å². The Balaban J connectivity index is 0.00000336. The maximum absolute atomic E-state index is 13.6. The second-order valence-electron chi connectivity index (χ2n) is 16.6. The van der Waals surface area contributed by atoms with Gasteiger partial charge in [0.2, 0.25) is 17.7 Å². The fraction of sp³-hybridized carbons (Fsp3) is 0.545. The molecule has 0 aromatic carbocycles. The van der Waals surface area contributed by atoms with Crippen LogP contribution in [0.15, 0.2) is 34.9 Å². The molecule has 0 radical (unpaired) electrons. The number of phosphoric ester groups is 3. The number of anilines is 3. The van der Waals surface area contributed by atoms with Gasteiger partial charge in [-0.2, -0.15) is 4.98 Å². The average Bonchev–Trinajstić information content (AvgIpc) is 4.19. The first-order valence-corrected chi connectivity index (χ1v) is 27.3. The summed E-state index contributed by atoms with van der Waals surface area (Å²) in [6.45, 7) is -3.57. The van der Waals surface area contributed by atoms with Gasteiger partial charge in [-0.15, -0.1) is 0 Å². The van der Waals surface area contributed by atoms with Crippen LogP contribution in [-0.4, -0.2) is 158 Å². The third-order valence-electron chi connectivity index (χ3n) is 11.8. The molecule has 3 aliphatic rings. The Hall–Kier alpha value is -2.15. The van der Waals surface area contributed by atoms with Crippen LogP contribution in [0, 0.1) is 0 Å². The van der Waals surface area contributed by atoms with Crippen molar-refractivity contribution in [3.63, 3.8) is 0 Å². The van der Waals surface area contributed by atoms with Crippen LogP contribution in [0.2, 0.25) is 0 Å². The number of hydrogen-bond donors (Lipinski definition) is 8. The molecule has 16 atom stereocenters. The number of aryl methyl sites for hydroxylation is 1. The van der Waals surface area contributed by atoms with Crippen molar-refractivity contribution in [3.8, 4) is 0 Å². The normalized spacial score (nSPS) is 29.1. The molecule has 0 bridgehead atoms. The first-order chi connectivity index (χ1) is 35.7. The number of aliphatic hydroxyl groups excluding tert-OH is 3. The van der Waals surface area contributed by atoms with E-state index in [4.69, 9.17) is 54.5 Å². The molecule has 0 saturated carbocycles. The number of hydrogen-bond acceptors (Lipinski definition) is 33. The van der Waals surface area contributed by atoms with Crippen molar-refractivity contribution in [2.45, 2.75) is 73.6 Å². The number of fused-ring (bicyclic) bond motifs is 3.